The fraction of sp³-hybridized carbons (Fsp3) is 0.222. The van der Waals surface area contributed by atoms with E-state index in [1.165, 1.54) is 17.7 Å². The molecule has 0 aliphatic rings. The highest BCUT2D eigenvalue weighted by molar-refractivity contribution is 5.85. The maximum Gasteiger partial charge on any atom is 0.277 e. The second-order valence-corrected chi connectivity index (χ2v) is 5.32. The van der Waals surface area contributed by atoms with Gasteiger partial charge in [-0.05, 0) is 44.0 Å². The highest BCUT2D eigenvalue weighted by Crippen LogP contribution is 2.15. The number of carbonyl (C=O) groups is 1. The van der Waals surface area contributed by atoms with Crippen LogP contribution in [0.15, 0.2) is 41.5 Å². The Labute approximate surface area is 135 Å². The number of ether oxygens (including phenoxy) is 1. The molecule has 0 aromatic heterocycles. The first-order chi connectivity index (χ1) is 11.0. The molecule has 0 unspecified atom stereocenters. The SMILES string of the molecule is Cc1cc(C)c(/C=N/NC(=O)COc2ccccc2F)c(C)c1. The molecule has 0 radical (unpaired) electrons. The molecule has 0 saturated heterocycles. The zero-order chi connectivity index (χ0) is 16.8. The summed E-state index contributed by atoms with van der Waals surface area (Å²) in [5, 5.41) is 3.93. The second kappa shape index (κ2) is 7.54. The van der Waals surface area contributed by atoms with Gasteiger partial charge in [-0.25, -0.2) is 9.82 Å². The molecule has 0 atom stereocenters. The standard InChI is InChI=1S/C18H19FN2O2/c1-12-8-13(2)15(14(3)9-12)10-20-21-18(22)11-23-17-7-5-4-6-16(17)19/h4-10H,11H2,1-3H3,(H,21,22)/b20-10+. The van der Waals surface area contributed by atoms with E-state index in [4.69, 9.17) is 4.74 Å². The van der Waals surface area contributed by atoms with Crippen LogP contribution in [0.5, 0.6) is 5.75 Å². The van der Waals surface area contributed by atoms with Gasteiger partial charge in [0.1, 0.15) is 0 Å². The number of amides is 1. The quantitative estimate of drug-likeness (QED) is 0.680. The zero-order valence-corrected chi connectivity index (χ0v) is 13.4. The predicted octanol–water partition coefficient (Wildman–Crippen LogP) is 3.28. The molecule has 23 heavy (non-hydrogen) atoms. The Kier molecular flexibility index (Phi) is 5.46. The van der Waals surface area contributed by atoms with Crippen molar-refractivity contribution in [3.05, 3.63) is 64.5 Å². The molecule has 0 heterocycles. The van der Waals surface area contributed by atoms with Crippen LogP contribution in [0.2, 0.25) is 0 Å². The van der Waals surface area contributed by atoms with Gasteiger partial charge in [0.05, 0.1) is 6.21 Å². The van der Waals surface area contributed by atoms with Gasteiger partial charge in [0.25, 0.3) is 5.91 Å². The molecule has 0 aliphatic carbocycles. The Morgan fingerprint density at radius 1 is 1.22 bits per heavy atom. The van der Waals surface area contributed by atoms with Gasteiger partial charge in [0, 0.05) is 5.56 Å². The summed E-state index contributed by atoms with van der Waals surface area (Å²) in [5.41, 5.74) is 6.69. The van der Waals surface area contributed by atoms with E-state index >= 15 is 0 Å². The van der Waals surface area contributed by atoms with Gasteiger partial charge < -0.3 is 4.74 Å². The lowest BCUT2D eigenvalue weighted by molar-refractivity contribution is -0.123. The van der Waals surface area contributed by atoms with Crippen molar-refractivity contribution in [2.45, 2.75) is 20.8 Å². The molecule has 0 saturated carbocycles. The summed E-state index contributed by atoms with van der Waals surface area (Å²) in [6, 6.07) is 10.0. The molecule has 0 aliphatic heterocycles. The third kappa shape index (κ3) is 4.64. The largest absolute Gasteiger partial charge is 0.481 e. The molecule has 4 nitrogen and oxygen atoms in total. The molecular weight excluding hydrogens is 295 g/mol. The number of aryl methyl sites for hydroxylation is 3. The van der Waals surface area contributed by atoms with Crippen molar-refractivity contribution in [2.24, 2.45) is 5.10 Å². The minimum atomic E-state index is -0.505. The lowest BCUT2D eigenvalue weighted by atomic mass is 10.0. The molecule has 120 valence electrons. The summed E-state index contributed by atoms with van der Waals surface area (Å²) in [5.74, 6) is -0.918. The summed E-state index contributed by atoms with van der Waals surface area (Å²) in [6.45, 7) is 5.71. The summed E-state index contributed by atoms with van der Waals surface area (Å²) in [4.78, 5) is 11.7. The van der Waals surface area contributed by atoms with Crippen molar-refractivity contribution in [3.63, 3.8) is 0 Å². The number of rotatable bonds is 5. The van der Waals surface area contributed by atoms with Crippen molar-refractivity contribution in [3.8, 4) is 5.75 Å². The van der Waals surface area contributed by atoms with Crippen LogP contribution in [0.3, 0.4) is 0 Å². The molecule has 0 fully saturated rings. The van der Waals surface area contributed by atoms with E-state index in [0.717, 1.165) is 16.7 Å². The fourth-order valence-electron chi connectivity index (χ4n) is 2.30. The lowest BCUT2D eigenvalue weighted by Crippen LogP contribution is -2.24. The molecule has 5 heteroatoms. The van der Waals surface area contributed by atoms with Crippen molar-refractivity contribution in [2.75, 3.05) is 6.61 Å². The number of carbonyl (C=O) groups excluding carboxylic acids is 1. The molecule has 2 rings (SSSR count). The van der Waals surface area contributed by atoms with Crippen LogP contribution in [0.4, 0.5) is 4.39 Å². The number of halogens is 1. The molecule has 1 amide bonds. The summed E-state index contributed by atoms with van der Waals surface area (Å²) in [6.07, 6.45) is 1.60. The summed E-state index contributed by atoms with van der Waals surface area (Å²) < 4.78 is 18.5. The topological polar surface area (TPSA) is 50.7 Å². The molecule has 0 spiro atoms. The first-order valence-electron chi connectivity index (χ1n) is 7.24. The molecule has 2 aromatic carbocycles. The number of hydrogen-bond acceptors (Lipinski definition) is 3. The van der Waals surface area contributed by atoms with Crippen LogP contribution < -0.4 is 10.2 Å². The van der Waals surface area contributed by atoms with E-state index < -0.39 is 11.7 Å². The summed E-state index contributed by atoms with van der Waals surface area (Å²) in [7, 11) is 0. The van der Waals surface area contributed by atoms with E-state index in [-0.39, 0.29) is 12.4 Å². The average molecular weight is 314 g/mol. The molecule has 0 bridgehead atoms. The van der Waals surface area contributed by atoms with Crippen molar-refractivity contribution in [1.82, 2.24) is 5.43 Å². The fourth-order valence-corrected chi connectivity index (χ4v) is 2.30. The average Bonchev–Trinajstić information content (AvgIpc) is 2.49. The Bertz CT molecular complexity index is 719. The van der Waals surface area contributed by atoms with Crippen molar-refractivity contribution in [1.29, 1.82) is 0 Å². The van der Waals surface area contributed by atoms with E-state index in [1.807, 2.05) is 20.8 Å². The Hall–Kier alpha value is -2.69. The molecular formula is C18H19FN2O2. The Balaban J connectivity index is 1.91. The zero-order valence-electron chi connectivity index (χ0n) is 13.4. The third-order valence-electron chi connectivity index (χ3n) is 3.32. The first kappa shape index (κ1) is 16.7. The van der Waals surface area contributed by atoms with Crippen molar-refractivity contribution >= 4 is 12.1 Å². The molecule has 2 aromatic rings. The van der Waals surface area contributed by atoms with E-state index in [9.17, 15) is 9.18 Å². The van der Waals surface area contributed by atoms with E-state index in [1.54, 1.807) is 18.3 Å². The van der Waals surface area contributed by atoms with Crippen LogP contribution in [-0.2, 0) is 4.79 Å². The Morgan fingerprint density at radius 2 is 1.87 bits per heavy atom. The highest BCUT2D eigenvalue weighted by atomic mass is 19.1. The van der Waals surface area contributed by atoms with Gasteiger partial charge in [-0.3, -0.25) is 4.79 Å². The highest BCUT2D eigenvalue weighted by Gasteiger charge is 2.06. The number of hydrogen-bond donors (Lipinski definition) is 1. The number of hydrazone groups is 1. The monoisotopic (exact) mass is 314 g/mol. The molecule has 1 N–H and O–H groups in total. The third-order valence-corrected chi connectivity index (χ3v) is 3.32. The van der Waals surface area contributed by atoms with E-state index in [2.05, 4.69) is 22.7 Å². The van der Waals surface area contributed by atoms with Gasteiger partial charge >= 0.3 is 0 Å². The van der Waals surface area contributed by atoms with Gasteiger partial charge in [0.2, 0.25) is 0 Å². The first-order valence-corrected chi connectivity index (χ1v) is 7.24. The van der Waals surface area contributed by atoms with Crippen LogP contribution in [0, 0.1) is 26.6 Å². The normalized spacial score (nSPS) is 10.8. The maximum atomic E-state index is 13.3. The van der Waals surface area contributed by atoms with Crippen molar-refractivity contribution < 1.29 is 13.9 Å². The minimum absolute atomic E-state index is 0.0388. The minimum Gasteiger partial charge on any atom is -0.481 e. The van der Waals surface area contributed by atoms with Crippen LogP contribution in [0.1, 0.15) is 22.3 Å². The smallest absolute Gasteiger partial charge is 0.277 e. The Morgan fingerprint density at radius 3 is 2.52 bits per heavy atom. The van der Waals surface area contributed by atoms with Crippen LogP contribution >= 0.6 is 0 Å². The predicted molar refractivity (Wildman–Crippen MR) is 88.3 cm³/mol. The van der Waals surface area contributed by atoms with Gasteiger partial charge in [0.15, 0.2) is 18.2 Å². The lowest BCUT2D eigenvalue weighted by Gasteiger charge is -2.07. The number of nitrogens with zero attached hydrogens (tertiary/aromatic N) is 1. The van der Waals surface area contributed by atoms with Gasteiger partial charge in [-0.1, -0.05) is 29.8 Å². The maximum absolute atomic E-state index is 13.3. The summed E-state index contributed by atoms with van der Waals surface area (Å²) >= 11 is 0. The second-order valence-electron chi connectivity index (χ2n) is 5.32. The number of nitrogens with one attached hydrogen (secondary N) is 1. The van der Waals surface area contributed by atoms with E-state index in [0.29, 0.717) is 0 Å². The van der Waals surface area contributed by atoms with Gasteiger partial charge in [-0.15, -0.1) is 0 Å². The van der Waals surface area contributed by atoms with Crippen LogP contribution in [-0.4, -0.2) is 18.7 Å². The number of para-hydroxylation sites is 1. The number of benzene rings is 2. The van der Waals surface area contributed by atoms with Gasteiger partial charge in [-0.2, -0.15) is 5.10 Å². The van der Waals surface area contributed by atoms with Crippen LogP contribution in [0.25, 0.3) is 0 Å².